The molecule has 0 aliphatic carbocycles. The summed E-state index contributed by atoms with van der Waals surface area (Å²) in [6.45, 7) is 6.34. The van der Waals surface area contributed by atoms with Gasteiger partial charge in [-0.05, 0) is 30.0 Å². The van der Waals surface area contributed by atoms with Gasteiger partial charge in [0.2, 0.25) is 5.91 Å². The van der Waals surface area contributed by atoms with Crippen molar-refractivity contribution in [2.75, 3.05) is 5.32 Å². The zero-order chi connectivity index (χ0) is 14.5. The lowest BCUT2D eigenvalue weighted by atomic mass is 9.87. The fourth-order valence-corrected chi connectivity index (χ4v) is 2.00. The number of amides is 1. The van der Waals surface area contributed by atoms with Gasteiger partial charge in [0.25, 0.3) is 0 Å². The van der Waals surface area contributed by atoms with Crippen LogP contribution in [0.1, 0.15) is 39.2 Å². The monoisotopic (exact) mass is 258 g/mol. The van der Waals surface area contributed by atoms with Crippen LogP contribution in [0.3, 0.4) is 0 Å². The molecule has 1 atom stereocenters. The minimum Gasteiger partial charge on any atom is -0.327 e. The average Bonchev–Trinajstić information content (AvgIpc) is 2.26. The van der Waals surface area contributed by atoms with Crippen molar-refractivity contribution >= 4 is 11.6 Å². The Labute approximate surface area is 115 Å². The number of carbonyl (C=O) groups is 1. The molecule has 0 saturated heterocycles. The van der Waals surface area contributed by atoms with E-state index >= 15 is 0 Å². The lowest BCUT2D eigenvalue weighted by molar-refractivity contribution is -0.116. The summed E-state index contributed by atoms with van der Waals surface area (Å²) in [5.74, 6) is 2.46. The van der Waals surface area contributed by atoms with Crippen LogP contribution in [0.5, 0.6) is 0 Å². The highest BCUT2D eigenvalue weighted by Crippen LogP contribution is 2.21. The molecule has 1 rings (SSSR count). The van der Waals surface area contributed by atoms with Crippen molar-refractivity contribution in [3.63, 3.8) is 0 Å². The summed E-state index contributed by atoms with van der Waals surface area (Å²) in [5.41, 5.74) is 7.56. The topological polar surface area (TPSA) is 55.1 Å². The maximum Gasteiger partial charge on any atom is 0.225 e. The molecule has 19 heavy (non-hydrogen) atoms. The van der Waals surface area contributed by atoms with Gasteiger partial charge in [-0.1, -0.05) is 32.8 Å². The molecule has 0 aliphatic rings. The highest BCUT2D eigenvalue weighted by molar-refractivity contribution is 5.91. The SMILES string of the molecule is C#Cc1cccc(NC(=O)CC(N)CC(C)(C)C)c1. The Morgan fingerprint density at radius 2 is 2.16 bits per heavy atom. The van der Waals surface area contributed by atoms with Gasteiger partial charge in [-0.15, -0.1) is 6.42 Å². The quantitative estimate of drug-likeness (QED) is 0.816. The summed E-state index contributed by atoms with van der Waals surface area (Å²) >= 11 is 0. The molecule has 1 aromatic rings. The first-order valence-electron chi connectivity index (χ1n) is 6.42. The summed E-state index contributed by atoms with van der Waals surface area (Å²) in [6, 6.07) is 7.10. The Kier molecular flexibility index (Phi) is 5.14. The number of anilines is 1. The average molecular weight is 258 g/mol. The van der Waals surface area contributed by atoms with Crippen molar-refractivity contribution in [2.45, 2.75) is 39.7 Å². The van der Waals surface area contributed by atoms with Crippen LogP contribution in [0.4, 0.5) is 5.69 Å². The van der Waals surface area contributed by atoms with Crippen molar-refractivity contribution in [2.24, 2.45) is 11.1 Å². The van der Waals surface area contributed by atoms with Crippen LogP contribution in [-0.4, -0.2) is 11.9 Å². The normalized spacial score (nSPS) is 12.6. The van der Waals surface area contributed by atoms with Crippen LogP contribution in [0.2, 0.25) is 0 Å². The Balaban J connectivity index is 2.53. The van der Waals surface area contributed by atoms with Gasteiger partial charge in [-0.2, -0.15) is 0 Å². The Morgan fingerprint density at radius 1 is 1.47 bits per heavy atom. The Hall–Kier alpha value is -1.79. The lowest BCUT2D eigenvalue weighted by Crippen LogP contribution is -2.31. The molecule has 0 aliphatic heterocycles. The van der Waals surface area contributed by atoms with Crippen LogP contribution in [0, 0.1) is 17.8 Å². The van der Waals surface area contributed by atoms with Gasteiger partial charge < -0.3 is 11.1 Å². The highest BCUT2D eigenvalue weighted by atomic mass is 16.1. The fourth-order valence-electron chi connectivity index (χ4n) is 2.00. The second-order valence-electron chi connectivity index (χ2n) is 6.00. The van der Waals surface area contributed by atoms with E-state index in [1.807, 2.05) is 18.2 Å². The number of nitrogens with two attached hydrogens (primary N) is 1. The molecule has 0 saturated carbocycles. The van der Waals surface area contributed by atoms with Gasteiger partial charge in [-0.3, -0.25) is 4.79 Å². The standard InChI is InChI=1S/C16H22N2O/c1-5-12-7-6-8-14(9-12)18-15(19)10-13(17)11-16(2,3)4/h1,6-9,13H,10-11,17H2,2-4H3,(H,18,19). The number of benzene rings is 1. The Morgan fingerprint density at radius 3 is 2.74 bits per heavy atom. The molecule has 3 nitrogen and oxygen atoms in total. The van der Waals surface area contributed by atoms with E-state index in [9.17, 15) is 4.79 Å². The van der Waals surface area contributed by atoms with E-state index in [0.29, 0.717) is 12.1 Å². The third-order valence-electron chi connectivity index (χ3n) is 2.64. The maximum absolute atomic E-state index is 11.9. The highest BCUT2D eigenvalue weighted by Gasteiger charge is 2.18. The third-order valence-corrected chi connectivity index (χ3v) is 2.64. The first-order valence-corrected chi connectivity index (χ1v) is 6.42. The number of hydrogen-bond acceptors (Lipinski definition) is 2. The van der Waals surface area contributed by atoms with Crippen LogP contribution >= 0.6 is 0 Å². The van der Waals surface area contributed by atoms with Crippen molar-refractivity contribution < 1.29 is 4.79 Å². The van der Waals surface area contributed by atoms with Crippen LogP contribution in [0.15, 0.2) is 24.3 Å². The lowest BCUT2D eigenvalue weighted by Gasteiger charge is -2.22. The van der Waals surface area contributed by atoms with E-state index in [1.165, 1.54) is 0 Å². The van der Waals surface area contributed by atoms with Gasteiger partial charge in [-0.25, -0.2) is 0 Å². The molecule has 0 heterocycles. The molecule has 1 amide bonds. The van der Waals surface area contributed by atoms with Crippen LogP contribution in [-0.2, 0) is 4.79 Å². The molecule has 1 unspecified atom stereocenters. The van der Waals surface area contributed by atoms with Crippen molar-refractivity contribution in [1.82, 2.24) is 0 Å². The smallest absolute Gasteiger partial charge is 0.225 e. The minimum atomic E-state index is -0.129. The zero-order valence-electron chi connectivity index (χ0n) is 11.9. The van der Waals surface area contributed by atoms with E-state index in [1.54, 1.807) is 6.07 Å². The predicted octanol–water partition coefficient (Wildman–Crippen LogP) is 2.76. The second kappa shape index (κ2) is 6.40. The molecule has 3 heteroatoms. The third kappa shape index (κ3) is 6.08. The molecule has 0 radical (unpaired) electrons. The number of nitrogens with one attached hydrogen (secondary N) is 1. The van der Waals surface area contributed by atoms with Crippen molar-refractivity contribution in [1.29, 1.82) is 0 Å². The summed E-state index contributed by atoms with van der Waals surface area (Å²) < 4.78 is 0. The fraction of sp³-hybridized carbons (Fsp3) is 0.438. The number of hydrogen-bond donors (Lipinski definition) is 2. The van der Waals surface area contributed by atoms with Gasteiger partial charge in [0.05, 0.1) is 0 Å². The van der Waals surface area contributed by atoms with Crippen LogP contribution < -0.4 is 11.1 Å². The molecule has 0 bridgehead atoms. The molecule has 0 fully saturated rings. The van der Waals surface area contributed by atoms with Gasteiger partial charge in [0.15, 0.2) is 0 Å². The van der Waals surface area contributed by atoms with E-state index in [4.69, 9.17) is 12.2 Å². The largest absolute Gasteiger partial charge is 0.327 e. The van der Waals surface area contributed by atoms with E-state index < -0.39 is 0 Å². The van der Waals surface area contributed by atoms with Crippen LogP contribution in [0.25, 0.3) is 0 Å². The molecule has 1 aromatic carbocycles. The number of terminal acetylenes is 1. The number of rotatable bonds is 4. The summed E-state index contributed by atoms with van der Waals surface area (Å²) in [5, 5.41) is 2.82. The zero-order valence-corrected chi connectivity index (χ0v) is 11.9. The molecular weight excluding hydrogens is 236 g/mol. The second-order valence-corrected chi connectivity index (χ2v) is 6.00. The first kappa shape index (κ1) is 15.3. The van der Waals surface area contributed by atoms with Gasteiger partial charge in [0.1, 0.15) is 0 Å². The Bertz CT molecular complexity index is 480. The summed E-state index contributed by atoms with van der Waals surface area (Å²) in [7, 11) is 0. The number of carbonyl (C=O) groups excluding carboxylic acids is 1. The molecule has 102 valence electrons. The van der Waals surface area contributed by atoms with E-state index in [-0.39, 0.29) is 17.4 Å². The predicted molar refractivity (Wildman–Crippen MR) is 79.7 cm³/mol. The van der Waals surface area contributed by atoms with E-state index in [2.05, 4.69) is 32.0 Å². The van der Waals surface area contributed by atoms with Crippen molar-refractivity contribution in [3.8, 4) is 12.3 Å². The molecular formula is C16H22N2O. The maximum atomic E-state index is 11.9. The van der Waals surface area contributed by atoms with Gasteiger partial charge >= 0.3 is 0 Å². The minimum absolute atomic E-state index is 0.0779. The molecule has 0 aromatic heterocycles. The van der Waals surface area contributed by atoms with Crippen molar-refractivity contribution in [3.05, 3.63) is 29.8 Å². The molecule has 3 N–H and O–H groups in total. The summed E-state index contributed by atoms with van der Waals surface area (Å²) in [4.78, 5) is 11.9. The summed E-state index contributed by atoms with van der Waals surface area (Å²) in [6.07, 6.45) is 6.44. The van der Waals surface area contributed by atoms with Gasteiger partial charge in [0, 0.05) is 23.7 Å². The first-order chi connectivity index (χ1) is 8.80. The van der Waals surface area contributed by atoms with E-state index in [0.717, 1.165) is 12.0 Å². The molecule has 0 spiro atoms.